The number of benzene rings is 1. The number of nitrogens with one attached hydrogen (secondary N) is 1. The topological polar surface area (TPSA) is 37.8 Å². The minimum atomic E-state index is -0.375. The van der Waals surface area contributed by atoms with Crippen LogP contribution in [0.3, 0.4) is 0 Å². The van der Waals surface area contributed by atoms with Crippen LogP contribution in [0.25, 0.3) is 11.3 Å². The molecule has 1 aromatic heterocycles. The second kappa shape index (κ2) is 6.18. The van der Waals surface area contributed by atoms with Gasteiger partial charge in [0.25, 0.3) is 0 Å². The van der Waals surface area contributed by atoms with Crippen molar-refractivity contribution < 1.29 is 4.39 Å². The summed E-state index contributed by atoms with van der Waals surface area (Å²) in [5.74, 6) is 0.988. The fourth-order valence-electron chi connectivity index (χ4n) is 1.99. The van der Waals surface area contributed by atoms with E-state index in [1.54, 1.807) is 19.1 Å². The molecule has 0 saturated carbocycles. The highest BCUT2D eigenvalue weighted by Gasteiger charge is 2.14. The van der Waals surface area contributed by atoms with Gasteiger partial charge in [0.15, 0.2) is 0 Å². The van der Waals surface area contributed by atoms with Gasteiger partial charge in [-0.05, 0) is 38.5 Å². The molecule has 20 heavy (non-hydrogen) atoms. The van der Waals surface area contributed by atoms with E-state index in [9.17, 15) is 4.39 Å². The van der Waals surface area contributed by atoms with Crippen LogP contribution < -0.4 is 5.32 Å². The standard InChI is InChI=1S/C15H17ClFN3/c1-4-7-18-15-9(2)14(19-10(3)20-15)12-6-5-11(16)8-13(12)17/h5-6,8H,4,7H2,1-3H3,(H,18,19,20). The molecule has 0 saturated heterocycles. The molecule has 1 aromatic carbocycles. The summed E-state index contributed by atoms with van der Waals surface area (Å²) in [5, 5.41) is 3.62. The molecule has 106 valence electrons. The molecule has 0 bridgehead atoms. The third-order valence-electron chi connectivity index (χ3n) is 2.99. The second-order valence-corrected chi connectivity index (χ2v) is 5.08. The van der Waals surface area contributed by atoms with Crippen molar-refractivity contribution in [2.45, 2.75) is 27.2 Å². The maximum Gasteiger partial charge on any atom is 0.134 e. The Hall–Kier alpha value is -1.68. The highest BCUT2D eigenvalue weighted by molar-refractivity contribution is 6.30. The molecule has 0 aliphatic rings. The van der Waals surface area contributed by atoms with E-state index >= 15 is 0 Å². The number of nitrogens with zero attached hydrogens (tertiary/aromatic N) is 2. The molecule has 5 heteroatoms. The van der Waals surface area contributed by atoms with E-state index in [1.807, 2.05) is 6.92 Å². The number of aromatic nitrogens is 2. The summed E-state index contributed by atoms with van der Waals surface area (Å²) in [7, 11) is 0. The highest BCUT2D eigenvalue weighted by Crippen LogP contribution is 2.29. The van der Waals surface area contributed by atoms with Gasteiger partial charge >= 0.3 is 0 Å². The lowest BCUT2D eigenvalue weighted by Crippen LogP contribution is -2.08. The number of rotatable bonds is 4. The predicted octanol–water partition coefficient (Wildman–Crippen LogP) is 4.37. The van der Waals surface area contributed by atoms with Crippen molar-refractivity contribution in [3.63, 3.8) is 0 Å². The van der Waals surface area contributed by atoms with Gasteiger partial charge < -0.3 is 5.32 Å². The molecule has 3 nitrogen and oxygen atoms in total. The molecular weight excluding hydrogens is 277 g/mol. The molecule has 2 aromatic rings. The first-order chi connectivity index (χ1) is 9.52. The Balaban J connectivity index is 2.53. The van der Waals surface area contributed by atoms with Crippen LogP contribution in [0.1, 0.15) is 24.7 Å². The molecule has 2 rings (SSSR count). The molecular formula is C15H17ClFN3. The summed E-state index contributed by atoms with van der Waals surface area (Å²) < 4.78 is 14.1. The molecule has 0 atom stereocenters. The van der Waals surface area contributed by atoms with E-state index in [2.05, 4.69) is 22.2 Å². The molecule has 1 N–H and O–H groups in total. The third-order valence-corrected chi connectivity index (χ3v) is 3.22. The van der Waals surface area contributed by atoms with Crippen molar-refractivity contribution in [3.05, 3.63) is 40.4 Å². The van der Waals surface area contributed by atoms with Crippen molar-refractivity contribution in [2.24, 2.45) is 0 Å². The van der Waals surface area contributed by atoms with Gasteiger partial charge in [0, 0.05) is 22.7 Å². The fourth-order valence-corrected chi connectivity index (χ4v) is 2.15. The molecule has 0 unspecified atom stereocenters. The zero-order chi connectivity index (χ0) is 14.7. The van der Waals surface area contributed by atoms with Gasteiger partial charge in [0.1, 0.15) is 17.5 Å². The Bertz CT molecular complexity index is 629. The molecule has 1 heterocycles. The molecule has 0 spiro atoms. The van der Waals surface area contributed by atoms with E-state index in [0.717, 1.165) is 24.3 Å². The van der Waals surface area contributed by atoms with Gasteiger partial charge in [0.2, 0.25) is 0 Å². The van der Waals surface area contributed by atoms with Crippen LogP contribution in [0.5, 0.6) is 0 Å². The Labute approximate surface area is 123 Å². The fraction of sp³-hybridized carbons (Fsp3) is 0.333. The Kier molecular flexibility index (Phi) is 4.55. The zero-order valence-electron chi connectivity index (χ0n) is 11.8. The van der Waals surface area contributed by atoms with Crippen LogP contribution in [0.2, 0.25) is 5.02 Å². The second-order valence-electron chi connectivity index (χ2n) is 4.64. The summed E-state index contributed by atoms with van der Waals surface area (Å²) in [5.41, 5.74) is 1.88. The molecule has 0 aliphatic heterocycles. The van der Waals surface area contributed by atoms with Crippen LogP contribution in [0.4, 0.5) is 10.2 Å². The summed E-state index contributed by atoms with van der Waals surface area (Å²) in [6.07, 6.45) is 0.993. The summed E-state index contributed by atoms with van der Waals surface area (Å²) in [6.45, 7) is 6.59. The van der Waals surface area contributed by atoms with E-state index in [-0.39, 0.29) is 5.82 Å². The summed E-state index contributed by atoms with van der Waals surface area (Å²) in [4.78, 5) is 8.74. The van der Waals surface area contributed by atoms with Crippen LogP contribution in [-0.4, -0.2) is 16.5 Å². The van der Waals surface area contributed by atoms with E-state index in [0.29, 0.717) is 22.1 Å². The maximum atomic E-state index is 14.1. The smallest absolute Gasteiger partial charge is 0.134 e. The first-order valence-electron chi connectivity index (χ1n) is 6.57. The number of hydrogen-bond donors (Lipinski definition) is 1. The third kappa shape index (κ3) is 3.07. The highest BCUT2D eigenvalue weighted by atomic mass is 35.5. The lowest BCUT2D eigenvalue weighted by molar-refractivity contribution is 0.630. The van der Waals surface area contributed by atoms with Crippen molar-refractivity contribution in [3.8, 4) is 11.3 Å². The van der Waals surface area contributed by atoms with Crippen LogP contribution in [0, 0.1) is 19.7 Å². The van der Waals surface area contributed by atoms with Gasteiger partial charge in [-0.1, -0.05) is 18.5 Å². The minimum Gasteiger partial charge on any atom is -0.370 e. The molecule has 0 aliphatic carbocycles. The molecule has 0 radical (unpaired) electrons. The molecule has 0 amide bonds. The van der Waals surface area contributed by atoms with Gasteiger partial charge in [-0.25, -0.2) is 14.4 Å². The van der Waals surface area contributed by atoms with Crippen LogP contribution in [0.15, 0.2) is 18.2 Å². The minimum absolute atomic E-state index is 0.374. The number of anilines is 1. The lowest BCUT2D eigenvalue weighted by atomic mass is 10.1. The van der Waals surface area contributed by atoms with Gasteiger partial charge in [-0.3, -0.25) is 0 Å². The number of aryl methyl sites for hydroxylation is 1. The largest absolute Gasteiger partial charge is 0.370 e. The summed E-state index contributed by atoms with van der Waals surface area (Å²) >= 11 is 5.79. The van der Waals surface area contributed by atoms with E-state index < -0.39 is 0 Å². The normalized spacial score (nSPS) is 10.7. The average Bonchev–Trinajstić information content (AvgIpc) is 2.40. The van der Waals surface area contributed by atoms with Crippen molar-refractivity contribution in [1.29, 1.82) is 0 Å². The quantitative estimate of drug-likeness (QED) is 0.909. The Morgan fingerprint density at radius 1 is 1.25 bits per heavy atom. The van der Waals surface area contributed by atoms with Crippen LogP contribution >= 0.6 is 11.6 Å². The first kappa shape index (κ1) is 14.7. The Morgan fingerprint density at radius 3 is 2.65 bits per heavy atom. The van der Waals surface area contributed by atoms with E-state index in [4.69, 9.17) is 11.6 Å². The monoisotopic (exact) mass is 293 g/mol. The lowest BCUT2D eigenvalue weighted by Gasteiger charge is -2.13. The average molecular weight is 294 g/mol. The molecule has 0 fully saturated rings. The first-order valence-corrected chi connectivity index (χ1v) is 6.95. The Morgan fingerprint density at radius 2 is 2.00 bits per heavy atom. The SMILES string of the molecule is CCCNc1nc(C)nc(-c2ccc(Cl)cc2F)c1C. The van der Waals surface area contributed by atoms with Crippen LogP contribution in [-0.2, 0) is 0 Å². The number of hydrogen-bond acceptors (Lipinski definition) is 3. The predicted molar refractivity (Wildman–Crippen MR) is 80.7 cm³/mol. The maximum absolute atomic E-state index is 14.1. The van der Waals surface area contributed by atoms with Crippen molar-refractivity contribution in [1.82, 2.24) is 9.97 Å². The van der Waals surface area contributed by atoms with Gasteiger partial charge in [-0.15, -0.1) is 0 Å². The van der Waals surface area contributed by atoms with Crippen molar-refractivity contribution in [2.75, 3.05) is 11.9 Å². The van der Waals surface area contributed by atoms with Gasteiger partial charge in [0.05, 0.1) is 5.69 Å². The number of halogens is 2. The van der Waals surface area contributed by atoms with E-state index in [1.165, 1.54) is 6.07 Å². The van der Waals surface area contributed by atoms with Gasteiger partial charge in [-0.2, -0.15) is 0 Å². The summed E-state index contributed by atoms with van der Waals surface area (Å²) in [6, 6.07) is 4.61. The van der Waals surface area contributed by atoms with Crippen molar-refractivity contribution >= 4 is 17.4 Å². The zero-order valence-corrected chi connectivity index (χ0v) is 12.6.